The molecule has 6 nitrogen and oxygen atoms in total. The molecule has 0 saturated heterocycles. The third-order valence-electron chi connectivity index (χ3n) is 4.10. The number of benzene rings is 2. The van der Waals surface area contributed by atoms with Crippen molar-refractivity contribution >= 4 is 11.8 Å². The third kappa shape index (κ3) is 3.97. The van der Waals surface area contributed by atoms with Crippen LogP contribution in [0.5, 0.6) is 17.5 Å². The summed E-state index contributed by atoms with van der Waals surface area (Å²) >= 11 is 0. The van der Waals surface area contributed by atoms with Crippen molar-refractivity contribution in [3.63, 3.8) is 0 Å². The second kappa shape index (κ2) is 7.65. The fourth-order valence-electron chi connectivity index (χ4n) is 2.57. The van der Waals surface area contributed by atoms with Gasteiger partial charge in [0.2, 0.25) is 0 Å². The summed E-state index contributed by atoms with van der Waals surface area (Å²) in [7, 11) is 1.65. The van der Waals surface area contributed by atoms with Gasteiger partial charge in [-0.2, -0.15) is 0 Å². The first-order valence-corrected chi connectivity index (χ1v) is 8.21. The number of anilines is 1. The Morgan fingerprint density at radius 3 is 2.19 bits per heavy atom. The van der Waals surface area contributed by atoms with Crippen LogP contribution in [-0.2, 0) is 13.0 Å². The minimum absolute atomic E-state index is 0.0250. The Balaban J connectivity index is 1.58. The first kappa shape index (κ1) is 17.4. The fourth-order valence-corrected chi connectivity index (χ4v) is 2.57. The highest BCUT2D eigenvalue weighted by molar-refractivity contribution is 5.88. The average Bonchev–Trinajstić information content (AvgIpc) is 2.99. The molecule has 2 N–H and O–H groups in total. The van der Waals surface area contributed by atoms with E-state index in [1.54, 1.807) is 19.2 Å². The van der Waals surface area contributed by atoms with Gasteiger partial charge in [-0.05, 0) is 36.2 Å². The zero-order chi connectivity index (χ0) is 18.5. The lowest BCUT2D eigenvalue weighted by Gasteiger charge is -2.16. The van der Waals surface area contributed by atoms with E-state index in [4.69, 9.17) is 4.74 Å². The molecule has 26 heavy (non-hydrogen) atoms. The summed E-state index contributed by atoms with van der Waals surface area (Å²) in [6.07, 6.45) is 0.152. The van der Waals surface area contributed by atoms with Gasteiger partial charge in [-0.1, -0.05) is 30.3 Å². The van der Waals surface area contributed by atoms with Crippen LogP contribution in [0.3, 0.4) is 0 Å². The maximum Gasteiger partial charge on any atom is 0.419 e. The zero-order valence-corrected chi connectivity index (χ0v) is 14.4. The molecular formula is C20H20N2O4. The van der Waals surface area contributed by atoms with Gasteiger partial charge in [-0.3, -0.25) is 9.47 Å². The summed E-state index contributed by atoms with van der Waals surface area (Å²) in [5, 5.41) is 19.3. The first-order chi connectivity index (χ1) is 12.5. The van der Waals surface area contributed by atoms with Crippen molar-refractivity contribution < 1.29 is 19.7 Å². The molecule has 1 amide bonds. The van der Waals surface area contributed by atoms with E-state index in [1.807, 2.05) is 42.5 Å². The molecule has 2 aromatic carbocycles. The van der Waals surface area contributed by atoms with E-state index in [2.05, 4.69) is 0 Å². The Kier molecular flexibility index (Phi) is 5.12. The van der Waals surface area contributed by atoms with Crippen molar-refractivity contribution in [2.24, 2.45) is 0 Å². The lowest BCUT2D eigenvalue weighted by molar-refractivity contribution is 0.209. The summed E-state index contributed by atoms with van der Waals surface area (Å²) in [5.41, 5.74) is 1.74. The molecule has 3 rings (SSSR count). The van der Waals surface area contributed by atoms with Gasteiger partial charge in [0.15, 0.2) is 11.8 Å². The fraction of sp³-hybridized carbons (Fsp3) is 0.150. The number of hydrogen-bond acceptors (Lipinski definition) is 4. The maximum absolute atomic E-state index is 12.2. The Labute approximate surface area is 151 Å². The Morgan fingerprint density at radius 2 is 1.58 bits per heavy atom. The minimum Gasteiger partial charge on any atom is -0.494 e. The molecule has 0 fully saturated rings. The van der Waals surface area contributed by atoms with Crippen LogP contribution in [0, 0.1) is 0 Å². The molecular weight excluding hydrogens is 332 g/mol. The molecule has 1 aromatic heterocycles. The van der Waals surface area contributed by atoms with E-state index in [0.717, 1.165) is 11.3 Å². The summed E-state index contributed by atoms with van der Waals surface area (Å²) < 4.78 is 6.80. The topological polar surface area (TPSA) is 74.9 Å². The van der Waals surface area contributed by atoms with Crippen LogP contribution in [-0.4, -0.2) is 27.9 Å². The number of rotatable bonds is 5. The van der Waals surface area contributed by atoms with Gasteiger partial charge in [0.1, 0.15) is 5.75 Å². The van der Waals surface area contributed by atoms with E-state index in [0.29, 0.717) is 18.7 Å². The van der Waals surface area contributed by atoms with Crippen molar-refractivity contribution in [2.45, 2.75) is 13.0 Å². The molecule has 0 aliphatic heterocycles. The Morgan fingerprint density at radius 1 is 0.962 bits per heavy atom. The highest BCUT2D eigenvalue weighted by Crippen LogP contribution is 2.22. The highest BCUT2D eigenvalue weighted by atomic mass is 16.6. The molecule has 0 aliphatic carbocycles. The number of ether oxygens (including phenoxy) is 1. The van der Waals surface area contributed by atoms with Gasteiger partial charge in [0.25, 0.3) is 0 Å². The number of aryl methyl sites for hydroxylation is 1. The van der Waals surface area contributed by atoms with E-state index in [1.165, 1.54) is 21.6 Å². The molecule has 1 heterocycles. The molecule has 0 radical (unpaired) electrons. The molecule has 0 spiro atoms. The number of para-hydroxylation sites is 1. The van der Waals surface area contributed by atoms with E-state index >= 15 is 0 Å². The predicted molar refractivity (Wildman–Crippen MR) is 98.8 cm³/mol. The monoisotopic (exact) mass is 352 g/mol. The van der Waals surface area contributed by atoms with Crippen LogP contribution in [0.2, 0.25) is 0 Å². The summed E-state index contributed by atoms with van der Waals surface area (Å²) in [4.78, 5) is 13.6. The smallest absolute Gasteiger partial charge is 0.419 e. The van der Waals surface area contributed by atoms with Crippen molar-refractivity contribution in [3.8, 4) is 17.5 Å². The lowest BCUT2D eigenvalue weighted by atomic mass is 10.1. The van der Waals surface area contributed by atoms with Crippen LogP contribution in [0.4, 0.5) is 10.5 Å². The lowest BCUT2D eigenvalue weighted by Crippen LogP contribution is -2.29. The Hall–Kier alpha value is -3.41. The van der Waals surface area contributed by atoms with Crippen molar-refractivity contribution in [2.75, 3.05) is 11.9 Å². The van der Waals surface area contributed by atoms with Crippen molar-refractivity contribution in [1.29, 1.82) is 0 Å². The molecule has 0 atom stereocenters. The van der Waals surface area contributed by atoms with Gasteiger partial charge in [0, 0.05) is 31.4 Å². The quantitative estimate of drug-likeness (QED) is 0.733. The molecule has 134 valence electrons. The number of carbonyl (C=O) groups is 1. The zero-order valence-electron chi connectivity index (χ0n) is 14.4. The second-order valence-corrected chi connectivity index (χ2v) is 5.86. The average molecular weight is 352 g/mol. The van der Waals surface area contributed by atoms with E-state index in [-0.39, 0.29) is 11.8 Å². The predicted octanol–water partition coefficient (Wildman–Crippen LogP) is 3.78. The van der Waals surface area contributed by atoms with Gasteiger partial charge in [0.05, 0.1) is 0 Å². The molecule has 0 saturated carbocycles. The molecule has 0 aliphatic rings. The highest BCUT2D eigenvalue weighted by Gasteiger charge is 2.13. The molecule has 3 aromatic rings. The first-order valence-electron chi connectivity index (χ1n) is 8.21. The van der Waals surface area contributed by atoms with Crippen molar-refractivity contribution in [1.82, 2.24) is 4.57 Å². The molecule has 6 heteroatoms. The third-order valence-corrected chi connectivity index (χ3v) is 4.10. The largest absolute Gasteiger partial charge is 0.494 e. The number of carbonyl (C=O) groups excluding carboxylic acids is 1. The van der Waals surface area contributed by atoms with Crippen molar-refractivity contribution in [3.05, 3.63) is 72.3 Å². The van der Waals surface area contributed by atoms with Crippen LogP contribution in [0.25, 0.3) is 0 Å². The SMILES string of the molecule is CN(C(=O)Oc1ccc(CCn2c(O)ccc2O)cc1)c1ccccc1. The number of aromatic nitrogens is 1. The number of hydrogen-bond donors (Lipinski definition) is 2. The standard InChI is InChI=1S/C20H20N2O4/c1-21(16-5-3-2-4-6-16)20(25)26-17-9-7-15(8-10-17)13-14-22-18(23)11-12-19(22)24/h2-12,23-24H,13-14H2,1H3. The van der Waals surface area contributed by atoms with Crippen LogP contribution in [0.15, 0.2) is 66.7 Å². The van der Waals surface area contributed by atoms with Crippen LogP contribution in [0.1, 0.15) is 5.56 Å². The summed E-state index contributed by atoms with van der Waals surface area (Å²) in [6, 6.07) is 19.3. The number of aromatic hydroxyl groups is 2. The summed E-state index contributed by atoms with van der Waals surface area (Å²) in [5.74, 6) is 0.502. The van der Waals surface area contributed by atoms with Gasteiger partial charge < -0.3 is 14.9 Å². The molecule has 0 bridgehead atoms. The normalized spacial score (nSPS) is 10.5. The minimum atomic E-state index is -0.467. The van der Waals surface area contributed by atoms with Crippen LogP contribution >= 0.6 is 0 Å². The number of nitrogens with zero attached hydrogens (tertiary/aromatic N) is 2. The Bertz CT molecular complexity index is 853. The van der Waals surface area contributed by atoms with Gasteiger partial charge in [-0.25, -0.2) is 4.79 Å². The van der Waals surface area contributed by atoms with Gasteiger partial charge >= 0.3 is 6.09 Å². The second-order valence-electron chi connectivity index (χ2n) is 5.86. The maximum atomic E-state index is 12.2. The van der Waals surface area contributed by atoms with E-state index < -0.39 is 6.09 Å². The van der Waals surface area contributed by atoms with Crippen LogP contribution < -0.4 is 9.64 Å². The van der Waals surface area contributed by atoms with Gasteiger partial charge in [-0.15, -0.1) is 0 Å². The molecule has 0 unspecified atom stereocenters. The number of amides is 1. The summed E-state index contributed by atoms with van der Waals surface area (Å²) in [6.45, 7) is 0.445. The van der Waals surface area contributed by atoms with E-state index in [9.17, 15) is 15.0 Å².